The van der Waals surface area contributed by atoms with Crippen molar-refractivity contribution >= 4 is 32.2 Å². The van der Waals surface area contributed by atoms with Crippen molar-refractivity contribution in [3.63, 3.8) is 0 Å². The number of hydrogen-bond acceptors (Lipinski definition) is 7. The molecule has 1 aliphatic carbocycles. The van der Waals surface area contributed by atoms with Crippen molar-refractivity contribution in [2.75, 3.05) is 24.2 Å². The molecule has 8 heteroatoms. The van der Waals surface area contributed by atoms with Gasteiger partial charge in [0.05, 0.1) is 11.4 Å². The third kappa shape index (κ3) is 4.31. The zero-order valence-corrected chi connectivity index (χ0v) is 14.1. The first-order valence-electron chi connectivity index (χ1n) is 7.27. The Morgan fingerprint density at radius 3 is 2.76 bits per heavy atom. The Hall–Kier alpha value is -0.860. The van der Waals surface area contributed by atoms with Crippen LogP contribution in [-0.4, -0.2) is 37.3 Å². The van der Waals surface area contributed by atoms with Gasteiger partial charge in [0.25, 0.3) is 0 Å². The quantitative estimate of drug-likeness (QED) is 0.673. The van der Waals surface area contributed by atoms with E-state index in [1.165, 1.54) is 0 Å². The fraction of sp³-hybridized carbons (Fsp3) is 0.769. The number of anilines is 2. The first-order valence-corrected chi connectivity index (χ1v) is 9.59. The molecule has 1 aromatic rings. The van der Waals surface area contributed by atoms with E-state index in [2.05, 4.69) is 9.69 Å². The van der Waals surface area contributed by atoms with Gasteiger partial charge in [-0.05, 0) is 51.1 Å². The van der Waals surface area contributed by atoms with Crippen LogP contribution in [0.15, 0.2) is 4.90 Å². The summed E-state index contributed by atoms with van der Waals surface area (Å²) in [6.07, 6.45) is 3.54. The number of nitrogen functional groups attached to an aromatic ring is 1. The molecule has 0 bridgehead atoms. The Bertz CT molecular complexity index is 565. The minimum atomic E-state index is -3.31. The maximum atomic E-state index is 12.3. The Morgan fingerprint density at radius 1 is 1.43 bits per heavy atom. The lowest BCUT2D eigenvalue weighted by atomic mass is 10.3. The summed E-state index contributed by atoms with van der Waals surface area (Å²) < 4.78 is 34.1. The van der Waals surface area contributed by atoms with Crippen molar-refractivity contribution < 1.29 is 13.2 Å². The van der Waals surface area contributed by atoms with Gasteiger partial charge in [0, 0.05) is 13.2 Å². The smallest absolute Gasteiger partial charge is 0.187 e. The van der Waals surface area contributed by atoms with Crippen LogP contribution in [-0.2, 0) is 14.6 Å². The van der Waals surface area contributed by atoms with Gasteiger partial charge in [-0.15, -0.1) is 0 Å². The minimum Gasteiger partial charge on any atom is -0.382 e. The van der Waals surface area contributed by atoms with Crippen molar-refractivity contribution in [3.05, 3.63) is 0 Å². The van der Waals surface area contributed by atoms with E-state index < -0.39 is 9.84 Å². The van der Waals surface area contributed by atoms with Crippen molar-refractivity contribution in [3.8, 4) is 0 Å². The summed E-state index contributed by atoms with van der Waals surface area (Å²) in [5, 5.41) is 3.46. The fourth-order valence-electron chi connectivity index (χ4n) is 1.97. The number of sulfone groups is 1. The third-order valence-electron chi connectivity index (χ3n) is 3.23. The number of rotatable bonds is 9. The highest BCUT2D eigenvalue weighted by Gasteiger charge is 2.40. The Morgan fingerprint density at radius 2 is 2.14 bits per heavy atom. The van der Waals surface area contributed by atoms with Crippen LogP contribution < -0.4 is 11.1 Å². The van der Waals surface area contributed by atoms with Gasteiger partial charge in [-0.25, -0.2) is 8.42 Å². The first-order chi connectivity index (χ1) is 9.93. The molecular formula is C13H23N3O3S2. The summed E-state index contributed by atoms with van der Waals surface area (Å²) in [6, 6.07) is 0. The molecule has 120 valence electrons. The highest BCUT2D eigenvalue weighted by Crippen LogP contribution is 2.40. The average Bonchev–Trinajstić information content (AvgIpc) is 3.18. The summed E-state index contributed by atoms with van der Waals surface area (Å²) in [7, 11) is -3.31. The Kier molecular flexibility index (Phi) is 5.45. The minimum absolute atomic E-state index is 0.123. The van der Waals surface area contributed by atoms with E-state index in [1.807, 2.05) is 13.8 Å². The van der Waals surface area contributed by atoms with Gasteiger partial charge in [-0.3, -0.25) is 0 Å². The molecule has 0 aliphatic heterocycles. The third-order valence-corrected chi connectivity index (χ3v) is 6.51. The van der Waals surface area contributed by atoms with Gasteiger partial charge in [0.2, 0.25) is 0 Å². The maximum absolute atomic E-state index is 12.3. The van der Waals surface area contributed by atoms with E-state index in [-0.39, 0.29) is 22.1 Å². The SMILES string of the molecule is CC(C)OCCCCNc1snc(N)c1S(=O)(=O)C1CC1. The molecule has 1 aliphatic rings. The summed E-state index contributed by atoms with van der Waals surface area (Å²) in [5.41, 5.74) is 5.74. The van der Waals surface area contributed by atoms with Crippen LogP contribution in [0, 0.1) is 0 Å². The topological polar surface area (TPSA) is 94.3 Å². The highest BCUT2D eigenvalue weighted by molar-refractivity contribution is 7.92. The molecule has 1 saturated carbocycles. The Labute approximate surface area is 130 Å². The number of unbranched alkanes of at least 4 members (excludes halogenated alkanes) is 1. The second kappa shape index (κ2) is 6.93. The molecular weight excluding hydrogens is 310 g/mol. The number of nitrogens with zero attached hydrogens (tertiary/aromatic N) is 1. The molecule has 6 nitrogen and oxygen atoms in total. The average molecular weight is 333 g/mol. The van der Waals surface area contributed by atoms with Crippen LogP contribution in [0.2, 0.25) is 0 Å². The molecule has 0 atom stereocenters. The standard InChI is InChI=1S/C13H23N3O3S2/c1-9(2)19-8-4-3-7-15-13-11(12(14)16-20-13)21(17,18)10-5-6-10/h9-10,15H,3-8H2,1-2H3,(H2,14,16). The lowest BCUT2D eigenvalue weighted by molar-refractivity contribution is 0.0765. The first kappa shape index (κ1) is 16.5. The maximum Gasteiger partial charge on any atom is 0.187 e. The van der Waals surface area contributed by atoms with Gasteiger partial charge in [-0.1, -0.05) is 0 Å². The van der Waals surface area contributed by atoms with Crippen LogP contribution in [0.5, 0.6) is 0 Å². The molecule has 0 radical (unpaired) electrons. The Balaban J connectivity index is 1.87. The zero-order valence-electron chi connectivity index (χ0n) is 12.5. The molecule has 1 fully saturated rings. The predicted octanol–water partition coefficient (Wildman–Crippen LogP) is 2.28. The van der Waals surface area contributed by atoms with Crippen molar-refractivity contribution in [1.29, 1.82) is 0 Å². The highest BCUT2D eigenvalue weighted by atomic mass is 32.2. The molecule has 2 rings (SSSR count). The van der Waals surface area contributed by atoms with Gasteiger partial charge in [0.1, 0.15) is 9.90 Å². The molecule has 1 heterocycles. The molecule has 0 saturated heterocycles. The van der Waals surface area contributed by atoms with Crippen LogP contribution >= 0.6 is 11.5 Å². The zero-order chi connectivity index (χ0) is 15.5. The van der Waals surface area contributed by atoms with Crippen LogP contribution in [0.4, 0.5) is 10.8 Å². The van der Waals surface area contributed by atoms with E-state index in [9.17, 15) is 8.42 Å². The molecule has 0 unspecified atom stereocenters. The number of nitrogens with one attached hydrogen (secondary N) is 1. The monoisotopic (exact) mass is 333 g/mol. The van der Waals surface area contributed by atoms with Crippen LogP contribution in [0.3, 0.4) is 0 Å². The van der Waals surface area contributed by atoms with Gasteiger partial charge in [0.15, 0.2) is 15.7 Å². The van der Waals surface area contributed by atoms with E-state index in [0.29, 0.717) is 11.5 Å². The second-order valence-electron chi connectivity index (χ2n) is 5.52. The van der Waals surface area contributed by atoms with E-state index >= 15 is 0 Å². The van der Waals surface area contributed by atoms with E-state index in [0.717, 1.165) is 43.8 Å². The van der Waals surface area contributed by atoms with E-state index in [1.54, 1.807) is 0 Å². The molecule has 0 aromatic carbocycles. The van der Waals surface area contributed by atoms with E-state index in [4.69, 9.17) is 10.5 Å². The molecule has 21 heavy (non-hydrogen) atoms. The lowest BCUT2D eigenvalue weighted by Gasteiger charge is -2.09. The van der Waals surface area contributed by atoms with Gasteiger partial charge < -0.3 is 15.8 Å². The van der Waals surface area contributed by atoms with Crippen molar-refractivity contribution in [1.82, 2.24) is 4.37 Å². The summed E-state index contributed by atoms with van der Waals surface area (Å²) in [4.78, 5) is 0.202. The normalized spacial score (nSPS) is 15.6. The van der Waals surface area contributed by atoms with Gasteiger partial charge in [-0.2, -0.15) is 4.37 Å². The van der Waals surface area contributed by atoms with Crippen molar-refractivity contribution in [2.45, 2.75) is 55.8 Å². The number of aromatic nitrogens is 1. The number of ether oxygens (including phenoxy) is 1. The number of hydrogen-bond donors (Lipinski definition) is 2. The van der Waals surface area contributed by atoms with Gasteiger partial charge >= 0.3 is 0 Å². The molecule has 1 aromatic heterocycles. The molecule has 0 spiro atoms. The summed E-state index contributed by atoms with van der Waals surface area (Å²) in [5.74, 6) is 0.123. The second-order valence-corrected chi connectivity index (χ2v) is 8.46. The predicted molar refractivity (Wildman–Crippen MR) is 85.5 cm³/mol. The van der Waals surface area contributed by atoms with Crippen LogP contribution in [0.25, 0.3) is 0 Å². The lowest BCUT2D eigenvalue weighted by Crippen LogP contribution is -2.12. The van der Waals surface area contributed by atoms with Crippen molar-refractivity contribution in [2.24, 2.45) is 0 Å². The summed E-state index contributed by atoms with van der Waals surface area (Å²) >= 11 is 1.12. The van der Waals surface area contributed by atoms with Crippen LogP contribution in [0.1, 0.15) is 39.5 Å². The molecule has 3 N–H and O–H groups in total. The number of nitrogens with two attached hydrogens (primary N) is 1. The fourth-order valence-corrected chi connectivity index (χ4v) is 4.89. The largest absolute Gasteiger partial charge is 0.382 e. The summed E-state index contributed by atoms with van der Waals surface area (Å²) in [6.45, 7) is 5.43. The molecule has 0 amide bonds.